The largest absolute Gasteiger partial charge is 0.370 e. The average Bonchev–Trinajstić information content (AvgIpc) is 1.88. The molecule has 3 heteroatoms. The summed E-state index contributed by atoms with van der Waals surface area (Å²) in [6, 6.07) is 0. The summed E-state index contributed by atoms with van der Waals surface area (Å²) in [5, 5.41) is 0. The quantitative estimate of drug-likeness (QED) is 0.275. The summed E-state index contributed by atoms with van der Waals surface area (Å²) < 4.78 is 0. The first-order chi connectivity index (χ1) is 5.15. The Labute approximate surface area is 76.1 Å². The van der Waals surface area contributed by atoms with Crippen LogP contribution in [0.25, 0.3) is 0 Å². The fraction of sp³-hybridized carbons (Fsp3) is 0.778. The molecule has 0 fully saturated rings. The SMILES string of the molecule is C[13C](N)=O.[13CH3]CCCC=[15NH+][13CH3].[13CH4]. The Balaban J connectivity index is -0.000000142. The molecule has 0 aliphatic heterocycles. The number of nitrogens with one attached hydrogen (secondary N) is 1. The van der Waals surface area contributed by atoms with Gasteiger partial charge in [-0.25, -0.2) is 0 Å². The normalized spacial score (nSPS) is 8.25. The number of primary amides is 1. The van der Waals surface area contributed by atoms with E-state index in [4.69, 9.17) is 0 Å². The first-order valence-electron chi connectivity index (χ1n) is 3.90. The van der Waals surface area contributed by atoms with Gasteiger partial charge in [0, 0.05) is 13.3 Å². The number of hydrogen-bond donors (Lipinski definition) is 2. The molecule has 0 aliphatic carbocycles. The van der Waals surface area contributed by atoms with Crippen molar-refractivity contribution in [3.63, 3.8) is 0 Å². The lowest BCUT2D eigenvalue weighted by Crippen LogP contribution is -2.62. The maximum atomic E-state index is 9.22. The number of amides is 1. The van der Waals surface area contributed by atoms with Crippen molar-refractivity contribution in [2.24, 2.45) is 5.73 Å². The van der Waals surface area contributed by atoms with Gasteiger partial charge < -0.3 is 5.73 Å². The molecular weight excluding hydrogens is 157 g/mol. The van der Waals surface area contributed by atoms with E-state index in [1.165, 1.54) is 26.2 Å². The van der Waals surface area contributed by atoms with Crippen LogP contribution in [-0.2, 0) is 4.79 Å². The lowest BCUT2D eigenvalue weighted by Gasteiger charge is -1.79. The Morgan fingerprint density at radius 3 is 2.25 bits per heavy atom. The van der Waals surface area contributed by atoms with Gasteiger partial charge in [-0.05, 0) is 6.42 Å². The molecule has 0 unspecified atom stereocenters. The van der Waals surface area contributed by atoms with E-state index in [0.717, 1.165) is 0 Å². The van der Waals surface area contributed by atoms with Crippen LogP contribution in [0.1, 0.15) is 40.5 Å². The molecule has 0 saturated carbocycles. The highest BCUT2D eigenvalue weighted by atomic mass is 16.2. The van der Waals surface area contributed by atoms with Gasteiger partial charge in [0.25, 0.3) is 0 Å². The Morgan fingerprint density at radius 2 is 2.00 bits per heavy atom. The molecule has 0 heterocycles. The molecule has 0 radical (unpaired) electrons. The fourth-order valence-electron chi connectivity index (χ4n) is 0.451. The highest BCUT2D eigenvalue weighted by Crippen LogP contribution is 1.86. The highest BCUT2D eigenvalue weighted by molar-refractivity contribution is 5.70. The topological polar surface area (TPSA) is 57.1 Å². The number of hydrogen-bond acceptors (Lipinski definition) is 1. The van der Waals surface area contributed by atoms with E-state index in [-0.39, 0.29) is 13.3 Å². The molecule has 3 N–H and O–H groups in total. The molecule has 1 amide bonds. The summed E-state index contributed by atoms with van der Waals surface area (Å²) >= 11 is 0. The summed E-state index contributed by atoms with van der Waals surface area (Å²) in [7, 11) is 1.94. The molecule has 3 nitrogen and oxygen atoms in total. The molecule has 0 bridgehead atoms. The minimum absolute atomic E-state index is 0. The van der Waals surface area contributed by atoms with E-state index >= 15 is 0 Å². The fourth-order valence-corrected chi connectivity index (χ4v) is 0.451. The lowest BCUT2D eigenvalue weighted by atomic mass is 10.3. The van der Waals surface area contributed by atoms with Crippen LogP contribution < -0.4 is 10.7 Å². The zero-order chi connectivity index (χ0) is 9.11. The third-order valence-electron chi connectivity index (χ3n) is 0.906. The predicted molar refractivity (Wildman–Crippen MR) is 54.1 cm³/mol. The van der Waals surface area contributed by atoms with E-state index in [1.807, 2.05) is 7.05 Å². The predicted octanol–water partition coefficient (Wildman–Crippen LogP) is 0.0855. The van der Waals surface area contributed by atoms with Gasteiger partial charge in [-0.2, -0.15) is 0 Å². The van der Waals surface area contributed by atoms with Crippen molar-refractivity contribution in [1.29, 1.82) is 0 Å². The second kappa shape index (κ2) is 16.6. The maximum Gasteiger partial charge on any atom is 0.214 e. The zero-order valence-electron chi connectivity index (χ0n) is 7.68. The number of nitrogens with two attached hydrogens (primary N) is 1. The maximum absolute atomic E-state index is 9.22. The van der Waals surface area contributed by atoms with Gasteiger partial charge in [0.05, 0.1) is 0 Å². The van der Waals surface area contributed by atoms with Gasteiger partial charge in [-0.1, -0.05) is 20.8 Å². The van der Waals surface area contributed by atoms with Crippen molar-refractivity contribution in [3.05, 3.63) is 0 Å². The molecule has 0 rings (SSSR count). The molecule has 74 valence electrons. The second-order valence-corrected chi connectivity index (χ2v) is 2.25. The standard InChI is InChI=1S/C6H13N.C2H5NO.CH4/c1-3-4-5-6-7-2;1-2(3)4;/h6H,3-5H2,1-2H3;1H3,(H2,3,4);1H4/p+1/i1+1,2+1,7+1;2+1;1+1. The van der Waals surface area contributed by atoms with Gasteiger partial charge in [0.2, 0.25) is 5.91 Å². The molecule has 0 atom stereocenters. The third-order valence-corrected chi connectivity index (χ3v) is 0.906. The van der Waals surface area contributed by atoms with E-state index in [9.17, 15) is 4.79 Å². The Kier molecular flexibility index (Phi) is 23.9. The van der Waals surface area contributed by atoms with Crippen molar-refractivity contribution in [3.8, 4) is 0 Å². The highest BCUT2D eigenvalue weighted by Gasteiger charge is 1.77. The lowest BCUT2D eigenvalue weighted by molar-refractivity contribution is -0.415. The summed E-state index contributed by atoms with van der Waals surface area (Å²) in [6.45, 7) is 3.50. The van der Waals surface area contributed by atoms with Crippen LogP contribution in [-0.4, -0.2) is 19.2 Å². The Bertz CT molecular complexity index is 107. The van der Waals surface area contributed by atoms with Crippen LogP contribution in [0.5, 0.6) is 0 Å². The first-order valence-corrected chi connectivity index (χ1v) is 3.90. The van der Waals surface area contributed by atoms with E-state index in [1.54, 1.807) is 0 Å². The van der Waals surface area contributed by atoms with Gasteiger partial charge in [-0.15, -0.1) is 0 Å². The van der Waals surface area contributed by atoms with Gasteiger partial charge in [0.1, 0.15) is 13.3 Å². The monoisotopic (exact) mass is 180 g/mol. The van der Waals surface area contributed by atoms with Crippen LogP contribution in [0.15, 0.2) is 0 Å². The summed E-state index contributed by atoms with van der Waals surface area (Å²) in [4.78, 5) is 12.2. The molecule has 0 spiro atoms. The van der Waals surface area contributed by atoms with Crippen LogP contribution in [0.2, 0.25) is 0 Å². The Hall–Kier alpha value is -0.860. The van der Waals surface area contributed by atoms with E-state index < -0.39 is 0 Å². The molecule has 0 aliphatic rings. The summed E-state index contributed by atoms with van der Waals surface area (Å²) in [6.07, 6.45) is 5.88. The van der Waals surface area contributed by atoms with Crippen molar-refractivity contribution in [1.82, 2.24) is 0 Å². The second-order valence-electron chi connectivity index (χ2n) is 2.25. The van der Waals surface area contributed by atoms with Gasteiger partial charge >= 0.3 is 0 Å². The molecule has 0 aromatic rings. The molecular formula is C9H23N2O+. The molecule has 0 aromatic heterocycles. The van der Waals surface area contributed by atoms with Crippen molar-refractivity contribution < 1.29 is 9.79 Å². The van der Waals surface area contributed by atoms with E-state index in [2.05, 4.69) is 23.9 Å². The van der Waals surface area contributed by atoms with Crippen LogP contribution >= 0.6 is 0 Å². The van der Waals surface area contributed by atoms with Crippen LogP contribution in [0, 0.1) is 0 Å². The van der Waals surface area contributed by atoms with Gasteiger partial charge in [-0.3, -0.25) is 9.79 Å². The minimum Gasteiger partial charge on any atom is -0.370 e. The first kappa shape index (κ1) is 17.3. The minimum atomic E-state index is -0.333. The summed E-state index contributed by atoms with van der Waals surface area (Å²) in [5.41, 5.74) is 4.47. The molecule has 0 aromatic carbocycles. The van der Waals surface area contributed by atoms with Gasteiger partial charge in [0.15, 0.2) is 0 Å². The molecule has 12 heavy (non-hydrogen) atoms. The smallest absolute Gasteiger partial charge is 0.214 e. The number of carbonyl (C=O) groups excluding carboxylic acids is 1. The number of unbranched alkanes of at least 4 members (excludes halogenated alkanes) is 2. The van der Waals surface area contributed by atoms with Crippen LogP contribution in [0.3, 0.4) is 0 Å². The number of rotatable bonds is 3. The van der Waals surface area contributed by atoms with Crippen molar-refractivity contribution in [2.45, 2.75) is 40.5 Å². The van der Waals surface area contributed by atoms with E-state index in [0.29, 0.717) is 0 Å². The Morgan fingerprint density at radius 1 is 1.58 bits per heavy atom. The third kappa shape index (κ3) is 61.4. The average molecular weight is 180 g/mol. The van der Waals surface area contributed by atoms with Crippen molar-refractivity contribution >= 4 is 12.1 Å². The molecule has 0 saturated heterocycles. The van der Waals surface area contributed by atoms with Crippen molar-refractivity contribution in [2.75, 3.05) is 7.05 Å². The zero-order valence-corrected chi connectivity index (χ0v) is 7.68. The van der Waals surface area contributed by atoms with Crippen LogP contribution in [0.4, 0.5) is 0 Å². The number of carbonyl (C=O) groups is 1. The summed E-state index contributed by atoms with van der Waals surface area (Å²) in [5.74, 6) is -0.333.